The Morgan fingerprint density at radius 1 is 1.11 bits per heavy atom. The molecular weight excluding hydrogens is 358 g/mol. The molecule has 0 bridgehead atoms. The van der Waals surface area contributed by atoms with Crippen molar-refractivity contribution in [3.05, 3.63) is 94.3 Å². The fourth-order valence-electron chi connectivity index (χ4n) is 3.05. The molecule has 0 fully saturated rings. The Balaban J connectivity index is 1.63. The molecule has 0 radical (unpaired) electrons. The minimum atomic E-state index is -0.0805. The van der Waals surface area contributed by atoms with Crippen LogP contribution in [0, 0.1) is 6.92 Å². The molecule has 0 unspecified atom stereocenters. The number of benzene rings is 2. The third-order valence-corrected chi connectivity index (χ3v) is 4.76. The number of hydrogen-bond donors (Lipinski definition) is 2. The van der Waals surface area contributed by atoms with E-state index in [-0.39, 0.29) is 5.78 Å². The minimum Gasteiger partial charge on any atom is -0.365 e. The first kappa shape index (κ1) is 17.3. The average Bonchev–Trinajstić information content (AvgIpc) is 3.10. The first-order chi connectivity index (χ1) is 13.1. The van der Waals surface area contributed by atoms with Crippen LogP contribution in [0.1, 0.15) is 27.0 Å². The number of aromatic amines is 1. The molecule has 134 valence electrons. The number of nitrogens with one attached hydrogen (secondary N) is 2. The highest BCUT2D eigenvalue weighted by molar-refractivity contribution is 6.31. The van der Waals surface area contributed by atoms with Gasteiger partial charge < -0.3 is 10.3 Å². The largest absolute Gasteiger partial charge is 0.365 e. The van der Waals surface area contributed by atoms with Gasteiger partial charge in [0.1, 0.15) is 5.82 Å². The van der Waals surface area contributed by atoms with Crippen LogP contribution in [0.3, 0.4) is 0 Å². The van der Waals surface area contributed by atoms with E-state index in [0.29, 0.717) is 28.5 Å². The standard InChI is InChI=1S/C22H18ClN3O/c1-14-4-6-15(7-5-14)12-26-22-18(3-2-10-24-22)21(27)19-13-25-20-11-16(23)8-9-17(19)20/h2-11,13,25H,12H2,1H3,(H,24,26). The van der Waals surface area contributed by atoms with E-state index in [4.69, 9.17) is 11.6 Å². The monoisotopic (exact) mass is 375 g/mol. The minimum absolute atomic E-state index is 0.0805. The van der Waals surface area contributed by atoms with Gasteiger partial charge in [0.25, 0.3) is 0 Å². The summed E-state index contributed by atoms with van der Waals surface area (Å²) < 4.78 is 0. The van der Waals surface area contributed by atoms with Gasteiger partial charge >= 0.3 is 0 Å². The molecule has 2 aromatic carbocycles. The molecule has 0 aliphatic rings. The van der Waals surface area contributed by atoms with Crippen molar-refractivity contribution in [2.75, 3.05) is 5.32 Å². The number of rotatable bonds is 5. The molecule has 0 saturated carbocycles. The number of fused-ring (bicyclic) bond motifs is 1. The molecule has 0 spiro atoms. The van der Waals surface area contributed by atoms with Crippen LogP contribution >= 0.6 is 11.6 Å². The maximum atomic E-state index is 13.2. The second-order valence-corrected chi connectivity index (χ2v) is 6.90. The maximum absolute atomic E-state index is 13.2. The van der Waals surface area contributed by atoms with E-state index in [1.54, 1.807) is 30.6 Å². The number of ketones is 1. The molecule has 2 heterocycles. The van der Waals surface area contributed by atoms with Gasteiger partial charge in [0, 0.05) is 40.4 Å². The SMILES string of the molecule is Cc1ccc(CNc2ncccc2C(=O)c2c[nH]c3cc(Cl)ccc23)cc1. The normalized spacial score (nSPS) is 10.9. The molecular formula is C22H18ClN3O. The van der Waals surface area contributed by atoms with Crippen LogP contribution < -0.4 is 5.32 Å². The number of aromatic nitrogens is 2. The van der Waals surface area contributed by atoms with Gasteiger partial charge in [-0.05, 0) is 36.8 Å². The second-order valence-electron chi connectivity index (χ2n) is 6.46. The molecule has 4 nitrogen and oxygen atoms in total. The molecule has 0 aliphatic carbocycles. The Hall–Kier alpha value is -3.11. The van der Waals surface area contributed by atoms with Crippen LogP contribution in [-0.4, -0.2) is 15.8 Å². The fraction of sp³-hybridized carbons (Fsp3) is 0.0909. The lowest BCUT2D eigenvalue weighted by molar-refractivity contribution is 0.104. The lowest BCUT2D eigenvalue weighted by atomic mass is 10.0. The summed E-state index contributed by atoms with van der Waals surface area (Å²) in [5, 5.41) is 4.76. The highest BCUT2D eigenvalue weighted by Crippen LogP contribution is 2.26. The van der Waals surface area contributed by atoms with Gasteiger partial charge in [-0.15, -0.1) is 0 Å². The van der Waals surface area contributed by atoms with Gasteiger partial charge in [-0.1, -0.05) is 47.5 Å². The summed E-state index contributed by atoms with van der Waals surface area (Å²) in [7, 11) is 0. The summed E-state index contributed by atoms with van der Waals surface area (Å²) in [5.41, 5.74) is 4.33. The van der Waals surface area contributed by atoms with Gasteiger partial charge in [0.15, 0.2) is 5.78 Å². The number of carbonyl (C=O) groups excluding carboxylic acids is 1. The summed E-state index contributed by atoms with van der Waals surface area (Å²) in [6, 6.07) is 17.3. The second kappa shape index (κ2) is 7.25. The van der Waals surface area contributed by atoms with Crippen molar-refractivity contribution in [1.82, 2.24) is 9.97 Å². The van der Waals surface area contributed by atoms with Crippen molar-refractivity contribution >= 4 is 34.1 Å². The van der Waals surface area contributed by atoms with E-state index in [1.807, 2.05) is 12.1 Å². The van der Waals surface area contributed by atoms with Gasteiger partial charge in [-0.3, -0.25) is 4.79 Å². The molecule has 0 atom stereocenters. The van der Waals surface area contributed by atoms with Crippen molar-refractivity contribution in [3.8, 4) is 0 Å². The Bertz CT molecular complexity index is 1120. The zero-order valence-corrected chi connectivity index (χ0v) is 15.5. The van der Waals surface area contributed by atoms with Gasteiger partial charge in [0.2, 0.25) is 0 Å². The van der Waals surface area contributed by atoms with Crippen LogP contribution in [0.15, 0.2) is 67.0 Å². The number of carbonyl (C=O) groups is 1. The summed E-state index contributed by atoms with van der Waals surface area (Å²) in [5.74, 6) is 0.495. The number of aryl methyl sites for hydroxylation is 1. The zero-order valence-electron chi connectivity index (χ0n) is 14.8. The molecule has 4 aromatic rings. The molecule has 2 N–H and O–H groups in total. The van der Waals surface area contributed by atoms with E-state index in [9.17, 15) is 4.79 Å². The first-order valence-electron chi connectivity index (χ1n) is 8.67. The third-order valence-electron chi connectivity index (χ3n) is 4.52. The molecule has 4 rings (SSSR count). The van der Waals surface area contributed by atoms with E-state index >= 15 is 0 Å². The zero-order chi connectivity index (χ0) is 18.8. The number of nitrogens with zero attached hydrogens (tertiary/aromatic N) is 1. The Kier molecular flexibility index (Phi) is 4.65. The lowest BCUT2D eigenvalue weighted by Gasteiger charge is -2.10. The predicted octanol–water partition coefficient (Wildman–Crippen LogP) is 5.37. The summed E-state index contributed by atoms with van der Waals surface area (Å²) >= 11 is 6.03. The smallest absolute Gasteiger partial charge is 0.198 e. The summed E-state index contributed by atoms with van der Waals surface area (Å²) in [6.07, 6.45) is 3.41. The number of halogens is 1. The van der Waals surface area contributed by atoms with Crippen LogP contribution in [0.25, 0.3) is 10.9 Å². The van der Waals surface area contributed by atoms with E-state index in [2.05, 4.69) is 46.5 Å². The molecule has 0 saturated heterocycles. The highest BCUT2D eigenvalue weighted by atomic mass is 35.5. The van der Waals surface area contributed by atoms with Crippen LogP contribution in [0.4, 0.5) is 5.82 Å². The van der Waals surface area contributed by atoms with Gasteiger partial charge in [0.05, 0.1) is 5.56 Å². The number of pyridine rings is 1. The van der Waals surface area contributed by atoms with Crippen LogP contribution in [-0.2, 0) is 6.54 Å². The Morgan fingerprint density at radius 2 is 1.93 bits per heavy atom. The van der Waals surface area contributed by atoms with Crippen LogP contribution in [0.2, 0.25) is 5.02 Å². The number of anilines is 1. The first-order valence-corrected chi connectivity index (χ1v) is 9.05. The molecule has 27 heavy (non-hydrogen) atoms. The van der Waals surface area contributed by atoms with Crippen molar-refractivity contribution < 1.29 is 4.79 Å². The maximum Gasteiger partial charge on any atom is 0.198 e. The summed E-state index contributed by atoms with van der Waals surface area (Å²) in [4.78, 5) is 20.6. The Morgan fingerprint density at radius 3 is 2.74 bits per heavy atom. The van der Waals surface area contributed by atoms with Crippen molar-refractivity contribution in [1.29, 1.82) is 0 Å². The predicted molar refractivity (Wildman–Crippen MR) is 109 cm³/mol. The van der Waals surface area contributed by atoms with E-state index in [0.717, 1.165) is 16.5 Å². The van der Waals surface area contributed by atoms with Crippen molar-refractivity contribution in [2.24, 2.45) is 0 Å². The molecule has 0 aliphatic heterocycles. The Labute approximate surface area is 162 Å². The van der Waals surface area contributed by atoms with Gasteiger partial charge in [-0.2, -0.15) is 0 Å². The molecule has 0 amide bonds. The fourth-order valence-corrected chi connectivity index (χ4v) is 3.22. The quantitative estimate of drug-likeness (QED) is 0.461. The van der Waals surface area contributed by atoms with Crippen molar-refractivity contribution in [3.63, 3.8) is 0 Å². The number of hydrogen-bond acceptors (Lipinski definition) is 3. The third kappa shape index (κ3) is 3.57. The highest BCUT2D eigenvalue weighted by Gasteiger charge is 2.18. The van der Waals surface area contributed by atoms with Gasteiger partial charge in [-0.25, -0.2) is 4.98 Å². The van der Waals surface area contributed by atoms with E-state index < -0.39 is 0 Å². The molecule has 5 heteroatoms. The van der Waals surface area contributed by atoms with E-state index in [1.165, 1.54) is 5.56 Å². The molecule has 2 aromatic heterocycles. The average molecular weight is 376 g/mol. The lowest BCUT2D eigenvalue weighted by Crippen LogP contribution is -2.09. The van der Waals surface area contributed by atoms with Crippen LogP contribution in [0.5, 0.6) is 0 Å². The van der Waals surface area contributed by atoms with Crippen molar-refractivity contribution in [2.45, 2.75) is 13.5 Å². The number of H-pyrrole nitrogens is 1. The topological polar surface area (TPSA) is 57.8 Å². The summed E-state index contributed by atoms with van der Waals surface area (Å²) in [6.45, 7) is 2.65.